The van der Waals surface area contributed by atoms with Crippen molar-refractivity contribution >= 4 is 22.4 Å². The van der Waals surface area contributed by atoms with Crippen molar-refractivity contribution in [2.24, 2.45) is 11.3 Å². The van der Waals surface area contributed by atoms with Crippen LogP contribution >= 0.6 is 11.3 Å². The number of carboxylic acid groups (broad SMARTS) is 1. The highest BCUT2D eigenvalue weighted by molar-refractivity contribution is 7.14. The number of aromatic nitrogens is 1. The van der Waals surface area contributed by atoms with Gasteiger partial charge in [-0.3, -0.25) is 9.69 Å². The molecule has 42 heavy (non-hydrogen) atoms. The standard InChI is InChI=1S/C33H39N3O5S/c1-21-23(4-3-22-17-35(11-7-27(21)22)25-8-13-40-14-9-25)19-41-30-6-5-26(39-2)15-28(30)29-20-42-32(34-29)36-12-10-33(31(37)38)16-24(33)18-36/h3-6,15,20,24-25H,7-14,16-19H2,1-2H3,(H,37,38)/t24-,33+/m0/s1. The zero-order valence-corrected chi connectivity index (χ0v) is 25.3. The van der Waals surface area contributed by atoms with Gasteiger partial charge in [-0.15, -0.1) is 11.3 Å². The number of fused-ring (bicyclic) bond motifs is 2. The summed E-state index contributed by atoms with van der Waals surface area (Å²) in [6.07, 6.45) is 4.81. The number of aliphatic carboxylic acids is 1. The smallest absolute Gasteiger partial charge is 0.310 e. The van der Waals surface area contributed by atoms with Crippen molar-refractivity contribution < 1.29 is 24.1 Å². The van der Waals surface area contributed by atoms with E-state index in [2.05, 4.69) is 34.2 Å². The first kappa shape index (κ1) is 27.7. The van der Waals surface area contributed by atoms with Gasteiger partial charge in [-0.25, -0.2) is 4.98 Å². The fourth-order valence-electron chi connectivity index (χ4n) is 7.24. The summed E-state index contributed by atoms with van der Waals surface area (Å²) in [4.78, 5) is 21.6. The molecule has 3 aliphatic heterocycles. The van der Waals surface area contributed by atoms with Gasteiger partial charge in [-0.1, -0.05) is 12.1 Å². The number of hydrogen-bond acceptors (Lipinski definition) is 8. The van der Waals surface area contributed by atoms with Crippen LogP contribution in [0.2, 0.25) is 0 Å². The number of carbonyl (C=O) groups is 1. The topological polar surface area (TPSA) is 84.4 Å². The second kappa shape index (κ2) is 11.2. The van der Waals surface area contributed by atoms with Crippen LogP contribution in [-0.4, -0.2) is 67.0 Å². The Balaban J connectivity index is 1.06. The van der Waals surface area contributed by atoms with Crippen molar-refractivity contribution in [1.29, 1.82) is 0 Å². The van der Waals surface area contributed by atoms with Crippen LogP contribution in [0.1, 0.15) is 47.9 Å². The maximum Gasteiger partial charge on any atom is 0.310 e. The van der Waals surface area contributed by atoms with Crippen LogP contribution in [0.3, 0.4) is 0 Å². The molecular formula is C33H39N3O5S. The Bertz CT molecular complexity index is 1480. The molecule has 0 bridgehead atoms. The number of nitrogens with zero attached hydrogens (tertiary/aromatic N) is 3. The summed E-state index contributed by atoms with van der Waals surface area (Å²) < 4.78 is 17.6. The summed E-state index contributed by atoms with van der Waals surface area (Å²) in [6, 6.07) is 11.1. The normalized spacial score (nSPS) is 24.1. The monoisotopic (exact) mass is 589 g/mol. The molecule has 8 nitrogen and oxygen atoms in total. The Morgan fingerprint density at radius 2 is 2.07 bits per heavy atom. The number of thiazole rings is 1. The van der Waals surface area contributed by atoms with Crippen molar-refractivity contribution in [3.05, 3.63) is 58.0 Å². The molecule has 1 aromatic heterocycles. The average Bonchev–Trinajstić information content (AvgIpc) is 3.58. The third-order valence-electron chi connectivity index (χ3n) is 10.1. The lowest BCUT2D eigenvalue weighted by molar-refractivity contribution is -0.144. The lowest BCUT2D eigenvalue weighted by atomic mass is 9.90. The van der Waals surface area contributed by atoms with Crippen LogP contribution in [-0.2, 0) is 29.1 Å². The van der Waals surface area contributed by atoms with Crippen molar-refractivity contribution in [1.82, 2.24) is 9.88 Å². The van der Waals surface area contributed by atoms with Crippen LogP contribution in [0.4, 0.5) is 5.13 Å². The summed E-state index contributed by atoms with van der Waals surface area (Å²) in [6.45, 7) is 8.09. The number of anilines is 1. The van der Waals surface area contributed by atoms with E-state index in [9.17, 15) is 9.90 Å². The molecule has 3 aromatic rings. The molecule has 1 aliphatic carbocycles. The van der Waals surface area contributed by atoms with Gasteiger partial charge in [0.15, 0.2) is 5.13 Å². The Morgan fingerprint density at radius 1 is 1.21 bits per heavy atom. The van der Waals surface area contributed by atoms with E-state index < -0.39 is 11.4 Å². The minimum absolute atomic E-state index is 0.219. The second-order valence-corrected chi connectivity index (χ2v) is 13.1. The molecule has 0 spiro atoms. The molecule has 4 heterocycles. The predicted octanol–water partition coefficient (Wildman–Crippen LogP) is 5.54. The largest absolute Gasteiger partial charge is 0.497 e. The number of benzene rings is 2. The SMILES string of the molecule is COc1ccc(OCc2ccc3c(c2C)CCN(C2CCOCC2)C3)c(-c2csc(N3CC[C@@]4(C(=O)O)C[C@H]4C3)n2)c1. The third kappa shape index (κ3) is 5.05. The zero-order valence-electron chi connectivity index (χ0n) is 24.4. The van der Waals surface area contributed by atoms with Gasteiger partial charge < -0.3 is 24.2 Å². The fourth-order valence-corrected chi connectivity index (χ4v) is 8.10. The first-order chi connectivity index (χ1) is 20.4. The predicted molar refractivity (Wildman–Crippen MR) is 163 cm³/mol. The highest BCUT2D eigenvalue weighted by Crippen LogP contribution is 2.58. The quantitative estimate of drug-likeness (QED) is 0.367. The Kier molecular flexibility index (Phi) is 7.36. The van der Waals surface area contributed by atoms with Gasteiger partial charge in [0.2, 0.25) is 0 Å². The maximum atomic E-state index is 11.7. The molecule has 1 N–H and O–H groups in total. The molecule has 0 radical (unpaired) electrons. The van der Waals surface area contributed by atoms with Crippen LogP contribution in [0.25, 0.3) is 11.3 Å². The molecule has 9 heteroatoms. The number of piperidine rings is 1. The van der Waals surface area contributed by atoms with E-state index in [0.717, 1.165) is 93.0 Å². The first-order valence-corrected chi connectivity index (χ1v) is 16.0. The summed E-state index contributed by atoms with van der Waals surface area (Å²) in [5.41, 5.74) is 6.74. The highest BCUT2D eigenvalue weighted by atomic mass is 32.1. The molecule has 2 atom stereocenters. The van der Waals surface area contributed by atoms with Crippen LogP contribution in [0.15, 0.2) is 35.7 Å². The summed E-state index contributed by atoms with van der Waals surface area (Å²) in [5, 5.41) is 12.6. The molecule has 2 saturated heterocycles. The first-order valence-electron chi connectivity index (χ1n) is 15.1. The minimum atomic E-state index is -0.642. The van der Waals surface area contributed by atoms with Crippen molar-refractivity contribution in [3.63, 3.8) is 0 Å². The molecule has 222 valence electrons. The summed E-state index contributed by atoms with van der Waals surface area (Å²) >= 11 is 1.60. The van der Waals surface area contributed by atoms with Gasteiger partial charge in [-0.05, 0) is 85.4 Å². The lowest BCUT2D eigenvalue weighted by Crippen LogP contribution is -2.42. The summed E-state index contributed by atoms with van der Waals surface area (Å²) in [7, 11) is 1.67. The van der Waals surface area contributed by atoms with Crippen molar-refractivity contribution in [3.8, 4) is 22.8 Å². The van der Waals surface area contributed by atoms with E-state index in [-0.39, 0.29) is 5.92 Å². The van der Waals surface area contributed by atoms with Crippen molar-refractivity contribution in [2.75, 3.05) is 44.9 Å². The van der Waals surface area contributed by atoms with Gasteiger partial charge in [0.25, 0.3) is 0 Å². The molecule has 3 fully saturated rings. The highest BCUT2D eigenvalue weighted by Gasteiger charge is 2.62. The average molecular weight is 590 g/mol. The second-order valence-electron chi connectivity index (χ2n) is 12.3. The van der Waals surface area contributed by atoms with Crippen LogP contribution in [0, 0.1) is 18.3 Å². The van der Waals surface area contributed by atoms with E-state index >= 15 is 0 Å². The van der Waals surface area contributed by atoms with Crippen LogP contribution in [0.5, 0.6) is 11.5 Å². The maximum absolute atomic E-state index is 11.7. The van der Waals surface area contributed by atoms with Gasteiger partial charge in [0, 0.05) is 56.4 Å². The van der Waals surface area contributed by atoms with E-state index in [1.807, 2.05) is 18.2 Å². The molecule has 4 aliphatic rings. The number of hydrogen-bond donors (Lipinski definition) is 1. The van der Waals surface area contributed by atoms with Gasteiger partial charge in [-0.2, -0.15) is 0 Å². The number of rotatable bonds is 8. The molecule has 0 unspecified atom stereocenters. The van der Waals surface area contributed by atoms with E-state index in [1.165, 1.54) is 22.3 Å². The van der Waals surface area contributed by atoms with Gasteiger partial charge >= 0.3 is 5.97 Å². The van der Waals surface area contributed by atoms with E-state index in [0.29, 0.717) is 19.1 Å². The molecule has 1 saturated carbocycles. The molecule has 7 rings (SSSR count). The third-order valence-corrected chi connectivity index (χ3v) is 11.0. The van der Waals surface area contributed by atoms with Gasteiger partial charge in [0.05, 0.1) is 18.2 Å². The number of ether oxygens (including phenoxy) is 3. The molecule has 2 aromatic carbocycles. The fraction of sp³-hybridized carbons (Fsp3) is 0.515. The Hall–Kier alpha value is -3.14. The van der Waals surface area contributed by atoms with Crippen molar-refractivity contribution in [2.45, 2.75) is 58.2 Å². The van der Waals surface area contributed by atoms with E-state index in [1.54, 1.807) is 18.4 Å². The number of methoxy groups -OCH3 is 1. The molecule has 0 amide bonds. The zero-order chi connectivity index (χ0) is 28.8. The summed E-state index contributed by atoms with van der Waals surface area (Å²) in [5.74, 6) is 1.11. The Morgan fingerprint density at radius 3 is 2.86 bits per heavy atom. The van der Waals surface area contributed by atoms with Crippen LogP contribution < -0.4 is 14.4 Å². The lowest BCUT2D eigenvalue weighted by Gasteiger charge is -2.38. The Labute approximate surface area is 251 Å². The number of carboxylic acids is 1. The molecular weight excluding hydrogens is 550 g/mol. The van der Waals surface area contributed by atoms with Gasteiger partial charge in [0.1, 0.15) is 18.1 Å². The van der Waals surface area contributed by atoms with E-state index in [4.69, 9.17) is 19.2 Å². The minimum Gasteiger partial charge on any atom is -0.497 e.